The van der Waals surface area contributed by atoms with Gasteiger partial charge >= 0.3 is 0 Å². The van der Waals surface area contributed by atoms with Crippen LogP contribution < -0.4 is 0 Å². The Balaban J connectivity index is 1.21. The van der Waals surface area contributed by atoms with Gasteiger partial charge in [0, 0.05) is 25.0 Å². The van der Waals surface area contributed by atoms with Crippen LogP contribution >= 0.6 is 11.6 Å². The first-order valence-electron chi connectivity index (χ1n) is 15.9. The lowest BCUT2D eigenvalue weighted by Crippen LogP contribution is -2.55. The van der Waals surface area contributed by atoms with E-state index in [0.29, 0.717) is 47.5 Å². The van der Waals surface area contributed by atoms with Crippen LogP contribution in [0.15, 0.2) is 0 Å². The highest BCUT2D eigenvalue weighted by Gasteiger charge is 2.49. The molecule has 5 fully saturated rings. The predicted octanol–water partition coefficient (Wildman–Crippen LogP) is 5.31. The van der Waals surface area contributed by atoms with Gasteiger partial charge in [-0.1, -0.05) is 6.92 Å². The van der Waals surface area contributed by atoms with Gasteiger partial charge in [0.25, 0.3) is 0 Å². The quantitative estimate of drug-likeness (QED) is 0.386. The first-order valence-corrected chi connectivity index (χ1v) is 16.4. The number of halogens is 1. The summed E-state index contributed by atoms with van der Waals surface area (Å²) in [7, 11) is 0. The van der Waals surface area contributed by atoms with Gasteiger partial charge in [-0.05, 0) is 133 Å². The Hall–Kier alpha value is 0.0500. The molecule has 8 atom stereocenters. The van der Waals surface area contributed by atoms with Crippen molar-refractivity contribution in [1.82, 2.24) is 9.96 Å². The lowest BCUT2D eigenvalue weighted by molar-refractivity contribution is -0.176. The van der Waals surface area contributed by atoms with Crippen LogP contribution in [0.2, 0.25) is 0 Å². The second-order valence-corrected chi connectivity index (χ2v) is 15.1. The number of hydrogen-bond donors (Lipinski definition) is 3. The molecule has 0 radical (unpaired) electrons. The van der Waals surface area contributed by atoms with E-state index in [0.717, 1.165) is 96.8 Å². The summed E-state index contributed by atoms with van der Waals surface area (Å²) < 4.78 is 6.51. The Kier molecular flexibility index (Phi) is 9.42. The molecule has 6 nitrogen and oxygen atoms in total. The highest BCUT2D eigenvalue weighted by molar-refractivity contribution is 6.20. The molecule has 2 saturated carbocycles. The van der Waals surface area contributed by atoms with Crippen molar-refractivity contribution in [2.75, 3.05) is 32.8 Å². The Morgan fingerprint density at radius 3 is 2.50 bits per heavy atom. The zero-order valence-electron chi connectivity index (χ0n) is 24.2. The first kappa shape index (κ1) is 29.5. The monoisotopic (exact) mass is 554 g/mol. The summed E-state index contributed by atoms with van der Waals surface area (Å²) in [6.45, 7) is 10.6. The fourth-order valence-electron chi connectivity index (χ4n) is 9.35. The Morgan fingerprint density at radius 2 is 1.79 bits per heavy atom. The summed E-state index contributed by atoms with van der Waals surface area (Å²) in [6, 6.07) is 0.105. The predicted molar refractivity (Wildman–Crippen MR) is 151 cm³/mol. The molecule has 0 aromatic heterocycles. The van der Waals surface area contributed by atoms with Crippen LogP contribution in [0, 0.1) is 35.5 Å². The molecule has 2 aliphatic carbocycles. The minimum Gasteiger partial charge on any atom is -0.390 e. The van der Waals surface area contributed by atoms with Crippen LogP contribution in [-0.2, 0) is 4.74 Å². The van der Waals surface area contributed by atoms with E-state index in [2.05, 4.69) is 11.8 Å². The number of fused-ring (bicyclic) bond motifs is 2. The Bertz CT molecular complexity index is 771. The highest BCUT2D eigenvalue weighted by Crippen LogP contribution is 2.49. The van der Waals surface area contributed by atoms with Crippen LogP contribution in [0.4, 0.5) is 0 Å². The Labute approximate surface area is 236 Å². The summed E-state index contributed by atoms with van der Waals surface area (Å²) in [4.78, 5) is 2.59. The van der Waals surface area contributed by atoms with Gasteiger partial charge in [0.2, 0.25) is 0 Å². The molecule has 3 heterocycles. The standard InChI is InChI=1S/C31H55ClN2O4/c1-21-19-33(17-14-31(21,36)22-8-11-24(32)12-9-22)15-4-6-25-26-7-5-16-34(37)28(26)20-38-29-13-10-23(18-27(25)29)30(2,3)35/h21-29,35-37H,4-20H2,1-3H3/t21?,22-,23-,24+,25?,26?,27?,28?,29?,31?/m0/s1. The lowest BCUT2D eigenvalue weighted by atomic mass is 9.63. The van der Waals surface area contributed by atoms with Gasteiger partial charge in [-0.25, -0.2) is 0 Å². The van der Waals surface area contributed by atoms with Gasteiger partial charge < -0.3 is 25.1 Å². The van der Waals surface area contributed by atoms with Crippen LogP contribution in [0.3, 0.4) is 0 Å². The number of alkyl halides is 1. The van der Waals surface area contributed by atoms with Crippen LogP contribution in [0.5, 0.6) is 0 Å². The van der Waals surface area contributed by atoms with E-state index in [1.165, 1.54) is 6.42 Å². The van der Waals surface area contributed by atoms with Gasteiger partial charge in [-0.15, -0.1) is 11.6 Å². The third-order valence-corrected chi connectivity index (χ3v) is 12.2. The van der Waals surface area contributed by atoms with Crippen LogP contribution in [0.1, 0.15) is 97.8 Å². The molecular formula is C31H55ClN2O4. The van der Waals surface area contributed by atoms with Gasteiger partial charge in [0.05, 0.1) is 30.0 Å². The lowest BCUT2D eigenvalue weighted by Gasteiger charge is -2.49. The number of ether oxygens (including phenoxy) is 1. The molecule has 5 rings (SSSR count). The van der Waals surface area contributed by atoms with Crippen molar-refractivity contribution < 1.29 is 20.2 Å². The van der Waals surface area contributed by atoms with Crippen LogP contribution in [0.25, 0.3) is 0 Å². The van der Waals surface area contributed by atoms with Crippen molar-refractivity contribution >= 4 is 11.6 Å². The van der Waals surface area contributed by atoms with Gasteiger partial charge in [0.1, 0.15) is 0 Å². The second kappa shape index (κ2) is 12.1. The summed E-state index contributed by atoms with van der Waals surface area (Å²) in [5, 5.41) is 35.2. The molecule has 7 unspecified atom stereocenters. The van der Waals surface area contributed by atoms with Crippen LogP contribution in [-0.4, -0.2) is 86.9 Å². The van der Waals surface area contributed by atoms with E-state index in [-0.39, 0.29) is 12.1 Å². The number of piperidine rings is 2. The summed E-state index contributed by atoms with van der Waals surface area (Å²) in [5.41, 5.74) is -1.19. The summed E-state index contributed by atoms with van der Waals surface area (Å²) >= 11 is 6.35. The minimum atomic E-state index is -0.652. The fraction of sp³-hybridized carbons (Fsp3) is 1.00. The average molecular weight is 555 g/mol. The molecule has 0 aromatic carbocycles. The van der Waals surface area contributed by atoms with Crippen molar-refractivity contribution in [3.05, 3.63) is 0 Å². The van der Waals surface area contributed by atoms with E-state index >= 15 is 0 Å². The molecule has 0 bridgehead atoms. The van der Waals surface area contributed by atoms with E-state index in [9.17, 15) is 15.4 Å². The van der Waals surface area contributed by atoms with Crippen molar-refractivity contribution in [3.8, 4) is 0 Å². The molecule has 7 heteroatoms. The second-order valence-electron chi connectivity index (χ2n) is 14.4. The number of nitrogens with zero attached hydrogens (tertiary/aromatic N) is 2. The maximum atomic E-state index is 11.7. The molecule has 0 spiro atoms. The molecule has 220 valence electrons. The maximum Gasteiger partial charge on any atom is 0.0725 e. The molecule has 0 aromatic rings. The third kappa shape index (κ3) is 6.27. The number of hydrogen-bond acceptors (Lipinski definition) is 6. The largest absolute Gasteiger partial charge is 0.390 e. The molecule has 3 aliphatic heterocycles. The molecular weight excluding hydrogens is 500 g/mol. The minimum absolute atomic E-state index is 0.105. The SMILES string of the molecule is CC1CN(CCCC2C3C[C@@H](C(C)(C)O)CCC3OCC3C2CCCN3O)CCC1(O)[C@H]1CC[C@@H](Cl)CC1. The third-order valence-electron chi connectivity index (χ3n) is 11.8. The first-order chi connectivity index (χ1) is 18.1. The van der Waals surface area contributed by atoms with Crippen molar-refractivity contribution in [2.45, 2.75) is 127 Å². The smallest absolute Gasteiger partial charge is 0.0725 e. The average Bonchev–Trinajstić information content (AvgIpc) is 3.03. The number of hydroxylamine groups is 2. The van der Waals surface area contributed by atoms with Gasteiger partial charge in [-0.3, -0.25) is 0 Å². The van der Waals surface area contributed by atoms with Crippen molar-refractivity contribution in [2.24, 2.45) is 35.5 Å². The van der Waals surface area contributed by atoms with Gasteiger partial charge in [0.15, 0.2) is 0 Å². The molecule has 5 aliphatic rings. The van der Waals surface area contributed by atoms with Crippen molar-refractivity contribution in [1.29, 1.82) is 0 Å². The fourth-order valence-corrected chi connectivity index (χ4v) is 9.61. The number of rotatable bonds is 6. The van der Waals surface area contributed by atoms with Gasteiger partial charge in [-0.2, -0.15) is 5.06 Å². The number of aliphatic hydroxyl groups is 2. The molecule has 3 saturated heterocycles. The number of likely N-dealkylation sites (tertiary alicyclic amines) is 1. The van der Waals surface area contributed by atoms with E-state index in [1.54, 1.807) is 5.06 Å². The van der Waals surface area contributed by atoms with E-state index in [4.69, 9.17) is 16.3 Å². The highest BCUT2D eigenvalue weighted by atomic mass is 35.5. The normalized spacial score (nSPS) is 45.7. The van der Waals surface area contributed by atoms with E-state index in [1.807, 2.05) is 13.8 Å². The molecule has 3 N–H and O–H groups in total. The summed E-state index contributed by atoms with van der Waals surface area (Å²) in [5.74, 6) is 2.46. The molecule has 0 amide bonds. The summed E-state index contributed by atoms with van der Waals surface area (Å²) in [6.07, 6.45) is 13.0. The van der Waals surface area contributed by atoms with E-state index < -0.39 is 11.2 Å². The zero-order valence-corrected chi connectivity index (χ0v) is 25.0. The zero-order chi connectivity index (χ0) is 27.1. The topological polar surface area (TPSA) is 76.4 Å². The Morgan fingerprint density at radius 1 is 1.03 bits per heavy atom. The van der Waals surface area contributed by atoms with Crippen molar-refractivity contribution in [3.63, 3.8) is 0 Å². The molecule has 38 heavy (non-hydrogen) atoms. The maximum absolute atomic E-state index is 11.7.